The molecule has 1 amide bonds. The molecule has 1 aromatic heterocycles. The molecule has 2 rings (SSSR count). The van der Waals surface area contributed by atoms with Gasteiger partial charge in [0.05, 0.1) is 5.75 Å². The van der Waals surface area contributed by atoms with E-state index in [0.29, 0.717) is 12.4 Å². The summed E-state index contributed by atoms with van der Waals surface area (Å²) in [6.45, 7) is 7.38. The number of carbonyl (C=O) groups excluding carboxylic acids is 1. The summed E-state index contributed by atoms with van der Waals surface area (Å²) in [7, 11) is 1.69. The molecule has 0 saturated carbocycles. The number of aromatic nitrogens is 3. The van der Waals surface area contributed by atoms with Crippen LogP contribution in [0.2, 0.25) is 0 Å². The van der Waals surface area contributed by atoms with Gasteiger partial charge in [0.15, 0.2) is 5.16 Å². The Morgan fingerprint density at radius 1 is 1.25 bits per heavy atom. The van der Waals surface area contributed by atoms with Gasteiger partial charge in [-0.3, -0.25) is 4.79 Å². The quantitative estimate of drug-likeness (QED) is 0.587. The molecule has 0 atom stereocenters. The lowest BCUT2D eigenvalue weighted by Gasteiger charge is -2.11. The minimum Gasteiger partial charge on any atom is -0.385 e. The van der Waals surface area contributed by atoms with Crippen molar-refractivity contribution in [2.75, 3.05) is 24.8 Å². The highest BCUT2D eigenvalue weighted by molar-refractivity contribution is 7.99. The number of rotatable bonds is 8. The fraction of sp³-hybridized carbons (Fsp3) is 0.471. The molecule has 0 saturated heterocycles. The monoisotopic (exact) mass is 348 g/mol. The maximum atomic E-state index is 12.3. The van der Waals surface area contributed by atoms with Crippen molar-refractivity contribution in [1.29, 1.82) is 0 Å². The minimum absolute atomic E-state index is 0.0403. The third-order valence-corrected chi connectivity index (χ3v) is 4.68. The van der Waals surface area contributed by atoms with E-state index in [4.69, 9.17) is 4.74 Å². The molecule has 1 aromatic carbocycles. The van der Waals surface area contributed by atoms with Crippen LogP contribution in [0.15, 0.2) is 23.4 Å². The first kappa shape index (κ1) is 18.5. The number of methoxy groups -OCH3 is 1. The average Bonchev–Trinajstić information content (AvgIpc) is 2.90. The molecule has 2 aromatic rings. The van der Waals surface area contributed by atoms with E-state index in [1.54, 1.807) is 7.11 Å². The van der Waals surface area contributed by atoms with E-state index in [2.05, 4.69) is 15.5 Å². The smallest absolute Gasteiger partial charge is 0.234 e. The second-order valence-corrected chi connectivity index (χ2v) is 6.57. The number of anilines is 1. The van der Waals surface area contributed by atoms with Gasteiger partial charge < -0.3 is 14.6 Å². The Bertz CT molecular complexity index is 680. The van der Waals surface area contributed by atoms with Crippen molar-refractivity contribution >= 4 is 23.4 Å². The lowest BCUT2D eigenvalue weighted by molar-refractivity contribution is -0.113. The molecule has 1 heterocycles. The fourth-order valence-corrected chi connectivity index (χ4v) is 3.22. The Morgan fingerprint density at radius 3 is 2.62 bits per heavy atom. The van der Waals surface area contributed by atoms with Crippen LogP contribution in [0.25, 0.3) is 0 Å². The highest BCUT2D eigenvalue weighted by Gasteiger charge is 2.13. The topological polar surface area (TPSA) is 69.0 Å². The average molecular weight is 348 g/mol. The number of para-hydroxylation sites is 1. The predicted octanol–water partition coefficient (Wildman–Crippen LogP) is 2.97. The molecule has 0 aliphatic rings. The molecule has 1 N–H and O–H groups in total. The first-order valence-corrected chi connectivity index (χ1v) is 8.89. The summed E-state index contributed by atoms with van der Waals surface area (Å²) < 4.78 is 7.11. The van der Waals surface area contributed by atoms with Crippen LogP contribution in [0.3, 0.4) is 0 Å². The summed E-state index contributed by atoms with van der Waals surface area (Å²) in [6, 6.07) is 5.97. The van der Waals surface area contributed by atoms with Gasteiger partial charge in [-0.15, -0.1) is 10.2 Å². The summed E-state index contributed by atoms with van der Waals surface area (Å²) in [6.07, 6.45) is 0.886. The number of benzene rings is 1. The first-order valence-electron chi connectivity index (χ1n) is 7.90. The maximum absolute atomic E-state index is 12.3. The number of amides is 1. The number of hydrogen-bond acceptors (Lipinski definition) is 5. The fourth-order valence-electron chi connectivity index (χ4n) is 2.41. The lowest BCUT2D eigenvalue weighted by Crippen LogP contribution is -2.16. The number of aryl methyl sites for hydroxylation is 3. The van der Waals surface area contributed by atoms with Gasteiger partial charge in [0.25, 0.3) is 0 Å². The molecule has 0 aliphatic heterocycles. The normalized spacial score (nSPS) is 10.8. The van der Waals surface area contributed by atoms with Crippen molar-refractivity contribution in [1.82, 2.24) is 14.8 Å². The van der Waals surface area contributed by atoms with Crippen molar-refractivity contribution < 1.29 is 9.53 Å². The van der Waals surface area contributed by atoms with Crippen LogP contribution < -0.4 is 5.32 Å². The molecule has 0 fully saturated rings. The predicted molar refractivity (Wildman–Crippen MR) is 96.5 cm³/mol. The van der Waals surface area contributed by atoms with E-state index in [0.717, 1.165) is 40.8 Å². The zero-order valence-corrected chi connectivity index (χ0v) is 15.4. The molecular weight excluding hydrogens is 324 g/mol. The third-order valence-electron chi connectivity index (χ3n) is 3.71. The van der Waals surface area contributed by atoms with Gasteiger partial charge in [-0.05, 0) is 38.3 Å². The Labute approximate surface area is 147 Å². The van der Waals surface area contributed by atoms with Gasteiger partial charge in [0.1, 0.15) is 5.82 Å². The molecule has 0 radical (unpaired) electrons. The van der Waals surface area contributed by atoms with Crippen LogP contribution in [0, 0.1) is 20.8 Å². The van der Waals surface area contributed by atoms with Crippen molar-refractivity contribution in [3.63, 3.8) is 0 Å². The second-order valence-electron chi connectivity index (χ2n) is 5.63. The van der Waals surface area contributed by atoms with Crippen LogP contribution in [0.1, 0.15) is 23.4 Å². The molecule has 0 bridgehead atoms. The number of thioether (sulfide) groups is 1. The second kappa shape index (κ2) is 8.84. The molecule has 6 nitrogen and oxygen atoms in total. The van der Waals surface area contributed by atoms with Crippen LogP contribution in [-0.4, -0.2) is 40.1 Å². The summed E-state index contributed by atoms with van der Waals surface area (Å²) in [5.41, 5.74) is 3.01. The minimum atomic E-state index is -0.0403. The lowest BCUT2D eigenvalue weighted by atomic mass is 10.1. The van der Waals surface area contributed by atoms with Gasteiger partial charge in [-0.25, -0.2) is 0 Å². The number of nitrogens with zero attached hydrogens (tertiary/aromatic N) is 3. The van der Waals surface area contributed by atoms with Gasteiger partial charge in [0, 0.05) is 25.9 Å². The number of nitrogens with one attached hydrogen (secondary N) is 1. The largest absolute Gasteiger partial charge is 0.385 e. The summed E-state index contributed by atoms with van der Waals surface area (Å²) in [4.78, 5) is 12.3. The highest BCUT2D eigenvalue weighted by Crippen LogP contribution is 2.21. The van der Waals surface area contributed by atoms with Crippen LogP contribution in [0.5, 0.6) is 0 Å². The Hall–Kier alpha value is -1.86. The zero-order valence-electron chi connectivity index (χ0n) is 14.6. The van der Waals surface area contributed by atoms with E-state index < -0.39 is 0 Å². The molecule has 0 spiro atoms. The van der Waals surface area contributed by atoms with Gasteiger partial charge >= 0.3 is 0 Å². The van der Waals surface area contributed by atoms with E-state index in [-0.39, 0.29) is 5.91 Å². The summed E-state index contributed by atoms with van der Waals surface area (Å²) in [5, 5.41) is 12.0. The van der Waals surface area contributed by atoms with Gasteiger partial charge in [0.2, 0.25) is 5.91 Å². The van der Waals surface area contributed by atoms with Crippen LogP contribution in [-0.2, 0) is 16.1 Å². The van der Waals surface area contributed by atoms with E-state index in [1.807, 2.05) is 43.5 Å². The van der Waals surface area contributed by atoms with Crippen molar-refractivity contribution in [2.24, 2.45) is 0 Å². The standard InChI is InChI=1S/C17H24N4O2S/c1-12-7-5-8-13(2)16(12)18-15(22)11-24-17-20-19-14(3)21(17)9-6-10-23-4/h5,7-8H,6,9-11H2,1-4H3,(H,18,22). The first-order chi connectivity index (χ1) is 11.5. The van der Waals surface area contributed by atoms with Gasteiger partial charge in [-0.1, -0.05) is 30.0 Å². The van der Waals surface area contributed by atoms with Crippen molar-refractivity contribution in [3.8, 4) is 0 Å². The number of hydrogen-bond donors (Lipinski definition) is 1. The highest BCUT2D eigenvalue weighted by atomic mass is 32.2. The molecule has 130 valence electrons. The van der Waals surface area contributed by atoms with Crippen molar-refractivity contribution in [2.45, 2.75) is 38.9 Å². The van der Waals surface area contributed by atoms with Crippen LogP contribution >= 0.6 is 11.8 Å². The summed E-state index contributed by atoms with van der Waals surface area (Å²) >= 11 is 1.40. The third kappa shape index (κ3) is 4.82. The molecule has 0 unspecified atom stereocenters. The Morgan fingerprint density at radius 2 is 1.96 bits per heavy atom. The maximum Gasteiger partial charge on any atom is 0.234 e. The Balaban J connectivity index is 1.95. The molecule has 7 heteroatoms. The number of ether oxygens (including phenoxy) is 1. The summed E-state index contributed by atoms with van der Waals surface area (Å²) in [5.74, 6) is 1.11. The van der Waals surface area contributed by atoms with E-state index >= 15 is 0 Å². The number of carbonyl (C=O) groups is 1. The zero-order chi connectivity index (χ0) is 17.5. The molecule has 24 heavy (non-hydrogen) atoms. The Kier molecular flexibility index (Phi) is 6.81. The van der Waals surface area contributed by atoms with Crippen LogP contribution in [0.4, 0.5) is 5.69 Å². The molecule has 0 aliphatic carbocycles. The molecular formula is C17H24N4O2S. The van der Waals surface area contributed by atoms with E-state index in [9.17, 15) is 4.79 Å². The van der Waals surface area contributed by atoms with E-state index in [1.165, 1.54) is 11.8 Å². The SMILES string of the molecule is COCCCn1c(C)nnc1SCC(=O)Nc1c(C)cccc1C. The van der Waals surface area contributed by atoms with Crippen molar-refractivity contribution in [3.05, 3.63) is 35.2 Å². The van der Waals surface area contributed by atoms with Gasteiger partial charge in [-0.2, -0.15) is 0 Å².